The molecule has 2 rings (SSSR count). The largest absolute Gasteiger partial charge is 0.468 e. The highest BCUT2D eigenvalue weighted by atomic mass is 16.3. The van der Waals surface area contributed by atoms with E-state index >= 15 is 0 Å². The minimum atomic E-state index is 0.602. The maximum Gasteiger partial charge on any atom is 0.117 e. The van der Waals surface area contributed by atoms with Gasteiger partial charge in [0, 0.05) is 6.04 Å². The Morgan fingerprint density at radius 3 is 2.94 bits per heavy atom. The fourth-order valence-electron chi connectivity index (χ4n) is 2.57. The molecule has 1 N–H and O–H groups in total. The molecule has 1 aromatic rings. The van der Waals surface area contributed by atoms with Gasteiger partial charge >= 0.3 is 0 Å². The van der Waals surface area contributed by atoms with Crippen LogP contribution in [0.15, 0.2) is 22.8 Å². The number of furan rings is 1. The van der Waals surface area contributed by atoms with E-state index in [1.807, 2.05) is 12.1 Å². The van der Waals surface area contributed by atoms with E-state index in [2.05, 4.69) is 12.2 Å². The standard InChI is InChI=1S/C14H23NO/c1-12(8-9-13-5-2-3-6-13)15-11-14-7-4-10-16-14/h4,7,10,12-13,15H,2-3,5-6,8-9,11H2,1H3. The Labute approximate surface area is 98.4 Å². The number of nitrogens with one attached hydrogen (secondary N) is 1. The minimum absolute atomic E-state index is 0.602. The minimum Gasteiger partial charge on any atom is -0.468 e. The first-order valence-corrected chi connectivity index (χ1v) is 6.60. The Morgan fingerprint density at radius 2 is 2.25 bits per heavy atom. The van der Waals surface area contributed by atoms with Gasteiger partial charge in [0.2, 0.25) is 0 Å². The lowest BCUT2D eigenvalue weighted by molar-refractivity contribution is 0.400. The topological polar surface area (TPSA) is 25.2 Å². The molecule has 2 nitrogen and oxygen atoms in total. The van der Waals surface area contributed by atoms with E-state index < -0.39 is 0 Å². The van der Waals surface area contributed by atoms with Crippen LogP contribution in [-0.2, 0) is 6.54 Å². The Balaban J connectivity index is 1.58. The highest BCUT2D eigenvalue weighted by Crippen LogP contribution is 2.28. The number of hydrogen-bond donors (Lipinski definition) is 1. The van der Waals surface area contributed by atoms with Gasteiger partial charge in [-0.25, -0.2) is 0 Å². The highest BCUT2D eigenvalue weighted by molar-refractivity contribution is 4.97. The summed E-state index contributed by atoms with van der Waals surface area (Å²) in [7, 11) is 0. The molecule has 0 bridgehead atoms. The third-order valence-corrected chi connectivity index (χ3v) is 3.69. The summed E-state index contributed by atoms with van der Waals surface area (Å²) >= 11 is 0. The van der Waals surface area contributed by atoms with E-state index in [1.54, 1.807) is 6.26 Å². The normalized spacial score (nSPS) is 19.1. The molecule has 0 amide bonds. The van der Waals surface area contributed by atoms with Gasteiger partial charge in [-0.2, -0.15) is 0 Å². The molecule has 0 spiro atoms. The zero-order valence-electron chi connectivity index (χ0n) is 10.2. The average molecular weight is 221 g/mol. The smallest absolute Gasteiger partial charge is 0.117 e. The molecule has 1 saturated carbocycles. The van der Waals surface area contributed by atoms with Crippen LogP contribution in [0.3, 0.4) is 0 Å². The molecule has 1 aliphatic carbocycles. The lowest BCUT2D eigenvalue weighted by Gasteiger charge is -2.15. The quantitative estimate of drug-likeness (QED) is 0.792. The van der Waals surface area contributed by atoms with E-state index in [0.29, 0.717) is 6.04 Å². The Kier molecular flexibility index (Phi) is 4.46. The molecule has 1 heterocycles. The second-order valence-corrected chi connectivity index (χ2v) is 5.09. The molecule has 1 fully saturated rings. The fourth-order valence-corrected chi connectivity index (χ4v) is 2.57. The number of hydrogen-bond acceptors (Lipinski definition) is 2. The second kappa shape index (κ2) is 6.09. The Morgan fingerprint density at radius 1 is 1.44 bits per heavy atom. The molecule has 2 heteroatoms. The van der Waals surface area contributed by atoms with Crippen molar-refractivity contribution >= 4 is 0 Å². The molecular formula is C14H23NO. The second-order valence-electron chi connectivity index (χ2n) is 5.09. The van der Waals surface area contributed by atoms with E-state index in [-0.39, 0.29) is 0 Å². The molecule has 0 aliphatic heterocycles. The van der Waals surface area contributed by atoms with Crippen molar-refractivity contribution in [1.29, 1.82) is 0 Å². The zero-order chi connectivity index (χ0) is 11.2. The van der Waals surface area contributed by atoms with Gasteiger partial charge in [0.1, 0.15) is 5.76 Å². The molecule has 1 atom stereocenters. The van der Waals surface area contributed by atoms with Crippen molar-refractivity contribution in [2.75, 3.05) is 0 Å². The van der Waals surface area contributed by atoms with E-state index in [4.69, 9.17) is 4.42 Å². The molecule has 1 aliphatic rings. The van der Waals surface area contributed by atoms with Gasteiger partial charge in [0.05, 0.1) is 12.8 Å². The van der Waals surface area contributed by atoms with E-state index in [9.17, 15) is 0 Å². The summed E-state index contributed by atoms with van der Waals surface area (Å²) in [5, 5.41) is 3.52. The summed E-state index contributed by atoms with van der Waals surface area (Å²) in [5.41, 5.74) is 0. The average Bonchev–Trinajstić information content (AvgIpc) is 2.96. The third kappa shape index (κ3) is 3.67. The van der Waals surface area contributed by atoms with Gasteiger partial charge in [0.25, 0.3) is 0 Å². The summed E-state index contributed by atoms with van der Waals surface area (Å²) in [4.78, 5) is 0. The summed E-state index contributed by atoms with van der Waals surface area (Å²) < 4.78 is 5.30. The van der Waals surface area contributed by atoms with Crippen LogP contribution in [0, 0.1) is 5.92 Å². The van der Waals surface area contributed by atoms with Crippen LogP contribution in [0.1, 0.15) is 51.2 Å². The molecular weight excluding hydrogens is 198 g/mol. The third-order valence-electron chi connectivity index (χ3n) is 3.69. The van der Waals surface area contributed by atoms with Crippen molar-refractivity contribution in [3.05, 3.63) is 24.2 Å². The summed E-state index contributed by atoms with van der Waals surface area (Å²) in [6, 6.07) is 4.57. The van der Waals surface area contributed by atoms with Crippen molar-refractivity contribution in [2.45, 2.75) is 58.0 Å². The van der Waals surface area contributed by atoms with Crippen molar-refractivity contribution < 1.29 is 4.42 Å². The van der Waals surface area contributed by atoms with Gasteiger partial charge < -0.3 is 9.73 Å². The fraction of sp³-hybridized carbons (Fsp3) is 0.714. The molecule has 0 aromatic carbocycles. The van der Waals surface area contributed by atoms with Gasteiger partial charge in [-0.15, -0.1) is 0 Å². The van der Waals surface area contributed by atoms with Gasteiger partial charge in [0.15, 0.2) is 0 Å². The van der Waals surface area contributed by atoms with Crippen LogP contribution in [0.4, 0.5) is 0 Å². The van der Waals surface area contributed by atoms with Crippen LogP contribution in [0.25, 0.3) is 0 Å². The monoisotopic (exact) mass is 221 g/mol. The maximum absolute atomic E-state index is 5.30. The SMILES string of the molecule is CC(CCC1CCCC1)NCc1ccco1. The molecule has 1 unspecified atom stereocenters. The lowest BCUT2D eigenvalue weighted by atomic mass is 9.99. The van der Waals surface area contributed by atoms with Crippen LogP contribution in [-0.4, -0.2) is 6.04 Å². The molecule has 90 valence electrons. The van der Waals surface area contributed by atoms with Gasteiger partial charge in [-0.05, 0) is 37.8 Å². The van der Waals surface area contributed by atoms with Crippen LogP contribution in [0.5, 0.6) is 0 Å². The van der Waals surface area contributed by atoms with E-state index in [0.717, 1.165) is 18.2 Å². The predicted octanol–water partition coefficient (Wildman–Crippen LogP) is 3.73. The Hall–Kier alpha value is -0.760. The van der Waals surface area contributed by atoms with Gasteiger partial charge in [-0.1, -0.05) is 25.7 Å². The summed E-state index contributed by atoms with van der Waals surface area (Å²) in [6.07, 6.45) is 10.3. The molecule has 0 radical (unpaired) electrons. The van der Waals surface area contributed by atoms with E-state index in [1.165, 1.54) is 38.5 Å². The molecule has 0 saturated heterocycles. The predicted molar refractivity (Wildman–Crippen MR) is 66.2 cm³/mol. The molecule has 1 aromatic heterocycles. The van der Waals surface area contributed by atoms with Crippen molar-refractivity contribution in [2.24, 2.45) is 5.92 Å². The first kappa shape index (κ1) is 11.7. The maximum atomic E-state index is 5.30. The summed E-state index contributed by atoms with van der Waals surface area (Å²) in [6.45, 7) is 3.14. The zero-order valence-corrected chi connectivity index (χ0v) is 10.2. The van der Waals surface area contributed by atoms with Crippen molar-refractivity contribution in [1.82, 2.24) is 5.32 Å². The Bertz CT molecular complexity index is 275. The van der Waals surface area contributed by atoms with Gasteiger partial charge in [-0.3, -0.25) is 0 Å². The van der Waals surface area contributed by atoms with Crippen molar-refractivity contribution in [3.63, 3.8) is 0 Å². The first-order chi connectivity index (χ1) is 7.84. The van der Waals surface area contributed by atoms with Crippen LogP contribution >= 0.6 is 0 Å². The summed E-state index contributed by atoms with van der Waals surface area (Å²) in [5.74, 6) is 2.04. The highest BCUT2D eigenvalue weighted by Gasteiger charge is 2.15. The van der Waals surface area contributed by atoms with Crippen LogP contribution in [0.2, 0.25) is 0 Å². The van der Waals surface area contributed by atoms with Crippen LogP contribution < -0.4 is 5.32 Å². The lowest BCUT2D eigenvalue weighted by Crippen LogP contribution is -2.25. The number of rotatable bonds is 6. The van der Waals surface area contributed by atoms with Crippen molar-refractivity contribution in [3.8, 4) is 0 Å². The molecule has 16 heavy (non-hydrogen) atoms. The first-order valence-electron chi connectivity index (χ1n) is 6.60.